The van der Waals surface area contributed by atoms with Crippen molar-refractivity contribution in [2.24, 2.45) is 5.73 Å². The van der Waals surface area contributed by atoms with Crippen LogP contribution in [0.25, 0.3) is 0 Å². The van der Waals surface area contributed by atoms with Crippen molar-refractivity contribution in [1.29, 1.82) is 0 Å². The van der Waals surface area contributed by atoms with Crippen LogP contribution in [0.1, 0.15) is 36.8 Å². The highest BCUT2D eigenvalue weighted by molar-refractivity contribution is 7.99. The standard InChI is InChI=1S/C15H22FNS/c1-11-8-13(16)7-6-12(11)9-14(17)10-18-15-4-2-3-5-15/h6-8,14-15H,2-5,9-10,17H2,1H3. The molecule has 1 unspecified atom stereocenters. The molecular weight excluding hydrogens is 245 g/mol. The van der Waals surface area contributed by atoms with Gasteiger partial charge in [-0.1, -0.05) is 18.9 Å². The Bertz CT molecular complexity index is 388. The molecule has 0 saturated heterocycles. The molecule has 1 aliphatic rings. The summed E-state index contributed by atoms with van der Waals surface area (Å²) in [6.45, 7) is 1.95. The van der Waals surface area contributed by atoms with E-state index in [1.165, 1.54) is 37.3 Å². The molecule has 1 atom stereocenters. The van der Waals surface area contributed by atoms with E-state index in [4.69, 9.17) is 5.73 Å². The lowest BCUT2D eigenvalue weighted by Crippen LogP contribution is -2.26. The van der Waals surface area contributed by atoms with Gasteiger partial charge in [-0.2, -0.15) is 11.8 Å². The van der Waals surface area contributed by atoms with E-state index in [1.807, 2.05) is 24.8 Å². The number of benzene rings is 1. The van der Waals surface area contributed by atoms with E-state index in [9.17, 15) is 4.39 Å². The Morgan fingerprint density at radius 2 is 2.11 bits per heavy atom. The third kappa shape index (κ3) is 3.99. The first-order valence-corrected chi connectivity index (χ1v) is 7.82. The van der Waals surface area contributed by atoms with E-state index >= 15 is 0 Å². The average molecular weight is 267 g/mol. The predicted octanol–water partition coefficient (Wildman–Crippen LogP) is 3.68. The van der Waals surface area contributed by atoms with Gasteiger partial charge in [0.1, 0.15) is 5.82 Å². The van der Waals surface area contributed by atoms with Crippen molar-refractivity contribution in [1.82, 2.24) is 0 Å². The Labute approximate surface area is 113 Å². The number of halogens is 1. The van der Waals surface area contributed by atoms with E-state index < -0.39 is 0 Å². The average Bonchev–Trinajstić information content (AvgIpc) is 2.83. The summed E-state index contributed by atoms with van der Waals surface area (Å²) in [7, 11) is 0. The van der Waals surface area contributed by atoms with Gasteiger partial charge in [-0.15, -0.1) is 0 Å². The molecule has 2 rings (SSSR count). The fourth-order valence-corrected chi connectivity index (χ4v) is 3.85. The molecule has 1 aromatic carbocycles. The first-order chi connectivity index (χ1) is 8.65. The summed E-state index contributed by atoms with van der Waals surface area (Å²) in [5.74, 6) is 0.853. The lowest BCUT2D eigenvalue weighted by atomic mass is 10.0. The van der Waals surface area contributed by atoms with Gasteiger partial charge in [-0.05, 0) is 49.4 Å². The summed E-state index contributed by atoms with van der Waals surface area (Å²) < 4.78 is 13.0. The van der Waals surface area contributed by atoms with Gasteiger partial charge in [-0.3, -0.25) is 0 Å². The van der Waals surface area contributed by atoms with Crippen molar-refractivity contribution in [2.45, 2.75) is 50.3 Å². The van der Waals surface area contributed by atoms with Crippen molar-refractivity contribution >= 4 is 11.8 Å². The van der Waals surface area contributed by atoms with Gasteiger partial charge in [0.05, 0.1) is 0 Å². The van der Waals surface area contributed by atoms with Gasteiger partial charge in [-0.25, -0.2) is 4.39 Å². The maximum absolute atomic E-state index is 13.0. The van der Waals surface area contributed by atoms with Gasteiger partial charge in [0.25, 0.3) is 0 Å². The van der Waals surface area contributed by atoms with Crippen LogP contribution in [0.5, 0.6) is 0 Å². The van der Waals surface area contributed by atoms with Crippen molar-refractivity contribution in [3.05, 3.63) is 35.1 Å². The summed E-state index contributed by atoms with van der Waals surface area (Å²) in [5, 5.41) is 0.824. The minimum atomic E-state index is -0.162. The molecule has 18 heavy (non-hydrogen) atoms. The lowest BCUT2D eigenvalue weighted by Gasteiger charge is -2.15. The molecule has 0 amide bonds. The van der Waals surface area contributed by atoms with Crippen LogP contribution in [-0.4, -0.2) is 17.0 Å². The second kappa shape index (κ2) is 6.58. The van der Waals surface area contributed by atoms with E-state index in [1.54, 1.807) is 6.07 Å². The highest BCUT2D eigenvalue weighted by Crippen LogP contribution is 2.29. The van der Waals surface area contributed by atoms with E-state index in [0.29, 0.717) is 0 Å². The van der Waals surface area contributed by atoms with E-state index in [0.717, 1.165) is 23.0 Å². The number of nitrogens with two attached hydrogens (primary N) is 1. The fourth-order valence-electron chi connectivity index (χ4n) is 2.54. The quantitative estimate of drug-likeness (QED) is 0.880. The van der Waals surface area contributed by atoms with Crippen LogP contribution in [0.15, 0.2) is 18.2 Å². The van der Waals surface area contributed by atoms with Crippen LogP contribution < -0.4 is 5.73 Å². The summed E-state index contributed by atoms with van der Waals surface area (Å²) in [4.78, 5) is 0. The normalized spacial score (nSPS) is 18.2. The maximum atomic E-state index is 13.0. The molecule has 0 radical (unpaired) electrons. The second-order valence-electron chi connectivity index (χ2n) is 5.27. The van der Waals surface area contributed by atoms with Crippen LogP contribution in [0.3, 0.4) is 0 Å². The monoisotopic (exact) mass is 267 g/mol. The Kier molecular flexibility index (Phi) is 5.07. The molecule has 1 fully saturated rings. The second-order valence-corrected chi connectivity index (χ2v) is 6.61. The van der Waals surface area contributed by atoms with E-state index in [2.05, 4.69) is 0 Å². The van der Waals surface area contributed by atoms with Crippen molar-refractivity contribution in [3.63, 3.8) is 0 Å². The largest absolute Gasteiger partial charge is 0.327 e. The smallest absolute Gasteiger partial charge is 0.123 e. The van der Waals surface area contributed by atoms with Crippen LogP contribution in [-0.2, 0) is 6.42 Å². The van der Waals surface area contributed by atoms with Crippen molar-refractivity contribution in [2.75, 3.05) is 5.75 Å². The molecule has 0 spiro atoms. The topological polar surface area (TPSA) is 26.0 Å². The zero-order valence-electron chi connectivity index (χ0n) is 11.0. The Hall–Kier alpha value is -0.540. The number of hydrogen-bond donors (Lipinski definition) is 1. The molecule has 0 aliphatic heterocycles. The zero-order valence-corrected chi connectivity index (χ0v) is 11.8. The highest BCUT2D eigenvalue weighted by atomic mass is 32.2. The molecule has 0 aromatic heterocycles. The molecule has 1 nitrogen and oxygen atoms in total. The molecule has 0 bridgehead atoms. The van der Waals surface area contributed by atoms with Crippen molar-refractivity contribution < 1.29 is 4.39 Å². The number of aryl methyl sites for hydroxylation is 1. The summed E-state index contributed by atoms with van der Waals surface area (Å²) >= 11 is 2.02. The maximum Gasteiger partial charge on any atom is 0.123 e. The minimum Gasteiger partial charge on any atom is -0.327 e. The van der Waals surface area contributed by atoms with Crippen LogP contribution in [0.2, 0.25) is 0 Å². The van der Waals surface area contributed by atoms with Crippen LogP contribution in [0.4, 0.5) is 4.39 Å². The van der Waals surface area contributed by atoms with Gasteiger partial charge >= 0.3 is 0 Å². The van der Waals surface area contributed by atoms with Gasteiger partial charge < -0.3 is 5.73 Å². The van der Waals surface area contributed by atoms with Gasteiger partial charge in [0.15, 0.2) is 0 Å². The first kappa shape index (κ1) is 13.9. The van der Waals surface area contributed by atoms with Crippen molar-refractivity contribution in [3.8, 4) is 0 Å². The summed E-state index contributed by atoms with van der Waals surface area (Å²) in [5.41, 5.74) is 8.36. The zero-order chi connectivity index (χ0) is 13.0. The molecular formula is C15H22FNS. The number of rotatable bonds is 5. The molecule has 1 aromatic rings. The molecule has 1 saturated carbocycles. The van der Waals surface area contributed by atoms with Gasteiger partial charge in [0, 0.05) is 17.0 Å². The third-order valence-corrected chi connectivity index (χ3v) is 5.20. The fraction of sp³-hybridized carbons (Fsp3) is 0.600. The Morgan fingerprint density at radius 1 is 1.39 bits per heavy atom. The number of hydrogen-bond acceptors (Lipinski definition) is 2. The first-order valence-electron chi connectivity index (χ1n) is 6.77. The van der Waals surface area contributed by atoms with Crippen LogP contribution in [0, 0.1) is 12.7 Å². The summed E-state index contributed by atoms with van der Waals surface area (Å²) in [6, 6.07) is 5.16. The third-order valence-electron chi connectivity index (χ3n) is 3.63. The molecule has 0 heterocycles. The highest BCUT2D eigenvalue weighted by Gasteiger charge is 2.16. The molecule has 2 N–H and O–H groups in total. The number of thioether (sulfide) groups is 1. The molecule has 100 valence electrons. The predicted molar refractivity (Wildman–Crippen MR) is 77.5 cm³/mol. The Morgan fingerprint density at radius 3 is 2.78 bits per heavy atom. The summed E-state index contributed by atoms with van der Waals surface area (Å²) in [6.07, 6.45) is 6.32. The van der Waals surface area contributed by atoms with Gasteiger partial charge in [0.2, 0.25) is 0 Å². The van der Waals surface area contributed by atoms with Crippen LogP contribution >= 0.6 is 11.8 Å². The lowest BCUT2D eigenvalue weighted by molar-refractivity contribution is 0.624. The molecule has 3 heteroatoms. The van der Waals surface area contributed by atoms with E-state index in [-0.39, 0.29) is 11.9 Å². The SMILES string of the molecule is Cc1cc(F)ccc1CC(N)CSC1CCCC1. The molecule has 1 aliphatic carbocycles. The minimum absolute atomic E-state index is 0.162. The Balaban J connectivity index is 1.80.